The van der Waals surface area contributed by atoms with Crippen LogP contribution in [-0.2, 0) is 32.0 Å². The number of aromatic nitrogens is 2. The number of urea groups is 1. The summed E-state index contributed by atoms with van der Waals surface area (Å²) >= 11 is 0. The van der Waals surface area contributed by atoms with E-state index in [0.717, 1.165) is 36.1 Å². The molecule has 69 heavy (non-hydrogen) atoms. The molecular formula is C49H62N12O8. The Hall–Kier alpha value is -7.63. The summed E-state index contributed by atoms with van der Waals surface area (Å²) in [5, 5.41) is 22.3. The van der Waals surface area contributed by atoms with Gasteiger partial charge in [-0.25, -0.2) is 14.8 Å². The molecule has 0 saturated carbocycles. The number of benzene rings is 3. The Bertz CT molecular complexity index is 2510. The standard InChI is InChI=1S/C49H62N12O8/c1-5-6-7-8-31-9-12-33(13-10-31)43-56-28-37(29(2)57-43)45(63)59-38(17-21-55-49(53)67)48(66)61(4)42-34-14-16-41(69-24-20-52)36(27-34)35-25-32(11-15-40(35)68-23-19-51)26-39(46(64)54-22-18-50)60-44(62)30(3)58-47(42)65/h9-16,25,27-28,30,38-39,42H,5-8,17,19-24,26,51-52H2,1-4H3,(H,54,64)(H,58,65)(H,59,63)(H,60,62)(H3,53,55,67). The number of hydrogen-bond donors (Lipinski definition) is 8. The van der Waals surface area contributed by atoms with Gasteiger partial charge in [-0.05, 0) is 74.1 Å². The summed E-state index contributed by atoms with van der Waals surface area (Å²) in [5.74, 6) is -2.51. The third kappa shape index (κ3) is 14.2. The first-order chi connectivity index (χ1) is 33.2. The zero-order valence-corrected chi connectivity index (χ0v) is 39.4. The fourth-order valence-corrected chi connectivity index (χ4v) is 7.77. The minimum Gasteiger partial charge on any atom is -0.492 e. The van der Waals surface area contributed by atoms with Crippen LogP contribution in [0.25, 0.3) is 22.5 Å². The molecule has 20 nitrogen and oxygen atoms in total. The Labute approximate surface area is 401 Å². The van der Waals surface area contributed by atoms with Crippen molar-refractivity contribution in [3.05, 3.63) is 94.8 Å². The average molecular weight is 947 g/mol. The Morgan fingerprint density at radius 1 is 0.928 bits per heavy atom. The number of carbonyl (C=O) groups excluding carboxylic acids is 6. The van der Waals surface area contributed by atoms with Crippen LogP contribution < -0.4 is 53.3 Å². The molecule has 0 spiro atoms. The summed E-state index contributed by atoms with van der Waals surface area (Å²) in [5.41, 5.74) is 21.2. The van der Waals surface area contributed by atoms with E-state index in [1.807, 2.05) is 30.3 Å². The molecule has 20 heteroatoms. The fraction of sp³-hybridized carbons (Fsp3) is 0.408. The molecule has 11 N–H and O–H groups in total. The van der Waals surface area contributed by atoms with Gasteiger partial charge in [0.2, 0.25) is 23.6 Å². The van der Waals surface area contributed by atoms with Crippen molar-refractivity contribution in [2.45, 2.75) is 83.5 Å². The van der Waals surface area contributed by atoms with Gasteiger partial charge in [0.05, 0.1) is 17.3 Å². The van der Waals surface area contributed by atoms with Crippen LogP contribution in [0.2, 0.25) is 0 Å². The van der Waals surface area contributed by atoms with Gasteiger partial charge in [0.25, 0.3) is 5.91 Å². The van der Waals surface area contributed by atoms with Gasteiger partial charge in [-0.2, -0.15) is 5.26 Å². The SMILES string of the molecule is CCCCCc1ccc(-c2ncc(C(=O)NC(CCNC(N)=O)C(=O)N(C)C3C(=O)NC(C)C(=O)NC(C(=O)NCC#N)Cc4ccc(OCCN)c(c4)-c4cc3ccc4OCCN)c(C)n2)cc1. The molecule has 1 aromatic heterocycles. The van der Waals surface area contributed by atoms with Crippen molar-refractivity contribution < 1.29 is 38.2 Å². The molecule has 0 saturated heterocycles. The lowest BCUT2D eigenvalue weighted by molar-refractivity contribution is -0.141. The van der Waals surface area contributed by atoms with Crippen LogP contribution in [0.1, 0.15) is 78.3 Å². The zero-order chi connectivity index (χ0) is 50.0. The number of fused-ring (bicyclic) bond motifs is 5. The highest BCUT2D eigenvalue weighted by Gasteiger charge is 2.36. The second-order valence-electron chi connectivity index (χ2n) is 16.5. The monoisotopic (exact) mass is 946 g/mol. The smallest absolute Gasteiger partial charge is 0.312 e. The minimum atomic E-state index is -1.48. The average Bonchev–Trinajstić information content (AvgIpc) is 3.33. The number of rotatable bonds is 20. The number of nitriles is 1. The van der Waals surface area contributed by atoms with Crippen LogP contribution >= 0.6 is 0 Å². The van der Waals surface area contributed by atoms with E-state index < -0.39 is 59.7 Å². The number of hydrogen-bond acceptors (Lipinski definition) is 13. The first kappa shape index (κ1) is 52.3. The van der Waals surface area contributed by atoms with Crippen LogP contribution in [0.5, 0.6) is 11.5 Å². The van der Waals surface area contributed by atoms with Crippen LogP contribution in [0.4, 0.5) is 4.79 Å². The van der Waals surface area contributed by atoms with Gasteiger partial charge in [0.1, 0.15) is 55.4 Å². The first-order valence-corrected chi connectivity index (χ1v) is 22.9. The number of likely N-dealkylation sites (N-methyl/N-ethyl adjacent to an activating group) is 1. The molecule has 5 rings (SSSR count). The quantitative estimate of drug-likeness (QED) is 0.0466. The summed E-state index contributed by atoms with van der Waals surface area (Å²) in [6, 6.07) is 13.6. The minimum absolute atomic E-state index is 0.0209. The lowest BCUT2D eigenvalue weighted by atomic mass is 9.93. The molecule has 0 aliphatic carbocycles. The molecule has 4 bridgehead atoms. The molecule has 1 aliphatic heterocycles. The van der Waals surface area contributed by atoms with Gasteiger partial charge in [0, 0.05) is 56.0 Å². The Kier molecular flexibility index (Phi) is 19.3. The van der Waals surface area contributed by atoms with E-state index in [-0.39, 0.29) is 63.4 Å². The van der Waals surface area contributed by atoms with Crippen molar-refractivity contribution in [2.24, 2.45) is 17.2 Å². The lowest BCUT2D eigenvalue weighted by Gasteiger charge is -2.32. The molecule has 1 aliphatic rings. The highest BCUT2D eigenvalue weighted by molar-refractivity contribution is 6.00. The van der Waals surface area contributed by atoms with E-state index in [4.69, 9.17) is 26.7 Å². The van der Waals surface area contributed by atoms with E-state index in [1.165, 1.54) is 25.7 Å². The molecule has 2 heterocycles. The maximum atomic E-state index is 14.8. The highest BCUT2D eigenvalue weighted by atomic mass is 16.5. The van der Waals surface area contributed by atoms with Crippen molar-refractivity contribution >= 4 is 35.6 Å². The predicted molar refractivity (Wildman–Crippen MR) is 257 cm³/mol. The van der Waals surface area contributed by atoms with E-state index in [0.29, 0.717) is 39.7 Å². The van der Waals surface area contributed by atoms with Crippen molar-refractivity contribution in [1.82, 2.24) is 41.5 Å². The van der Waals surface area contributed by atoms with Gasteiger partial charge >= 0.3 is 6.03 Å². The van der Waals surface area contributed by atoms with Gasteiger partial charge in [-0.1, -0.05) is 56.2 Å². The normalized spacial score (nSPS) is 16.0. The number of aryl methyl sites for hydroxylation is 2. The molecule has 4 aromatic rings. The topological polar surface area (TPSA) is 312 Å². The molecule has 4 atom stereocenters. The summed E-state index contributed by atoms with van der Waals surface area (Å²) < 4.78 is 12.2. The second-order valence-corrected chi connectivity index (χ2v) is 16.5. The van der Waals surface area contributed by atoms with Crippen molar-refractivity contribution in [1.29, 1.82) is 5.26 Å². The highest BCUT2D eigenvalue weighted by Crippen LogP contribution is 2.40. The van der Waals surface area contributed by atoms with E-state index >= 15 is 0 Å². The number of ether oxygens (including phenoxy) is 2. The first-order valence-electron chi connectivity index (χ1n) is 22.9. The third-order valence-electron chi connectivity index (χ3n) is 11.4. The summed E-state index contributed by atoms with van der Waals surface area (Å²) in [6.07, 6.45) is 5.52. The maximum absolute atomic E-state index is 14.8. The fourth-order valence-electron chi connectivity index (χ4n) is 7.77. The lowest BCUT2D eigenvalue weighted by Crippen LogP contribution is -2.56. The molecule has 4 unspecified atom stereocenters. The molecule has 3 aromatic carbocycles. The van der Waals surface area contributed by atoms with E-state index in [1.54, 1.807) is 43.3 Å². The number of unbranched alkanes of at least 4 members (excludes halogenated alkanes) is 2. The summed E-state index contributed by atoms with van der Waals surface area (Å²) in [4.78, 5) is 92.7. The van der Waals surface area contributed by atoms with Gasteiger partial charge < -0.3 is 58.2 Å². The van der Waals surface area contributed by atoms with E-state index in [9.17, 15) is 34.0 Å². The van der Waals surface area contributed by atoms with Crippen molar-refractivity contribution in [2.75, 3.05) is 46.4 Å². The number of carbonyl (C=O) groups is 6. The van der Waals surface area contributed by atoms with Crippen LogP contribution in [0.3, 0.4) is 0 Å². The van der Waals surface area contributed by atoms with Gasteiger partial charge in [-0.3, -0.25) is 24.0 Å². The van der Waals surface area contributed by atoms with Gasteiger partial charge in [-0.15, -0.1) is 0 Å². The number of primary amides is 1. The van der Waals surface area contributed by atoms with Crippen molar-refractivity contribution in [3.8, 4) is 40.1 Å². The van der Waals surface area contributed by atoms with Crippen molar-refractivity contribution in [3.63, 3.8) is 0 Å². The molecule has 0 fully saturated rings. The van der Waals surface area contributed by atoms with Crippen LogP contribution in [-0.4, -0.2) is 115 Å². The summed E-state index contributed by atoms with van der Waals surface area (Å²) in [7, 11) is 1.36. The van der Waals surface area contributed by atoms with Gasteiger partial charge in [0.15, 0.2) is 5.82 Å². The van der Waals surface area contributed by atoms with Crippen LogP contribution in [0, 0.1) is 18.3 Å². The zero-order valence-electron chi connectivity index (χ0n) is 39.4. The Morgan fingerprint density at radius 3 is 2.25 bits per heavy atom. The molecule has 366 valence electrons. The Morgan fingerprint density at radius 2 is 1.61 bits per heavy atom. The molecular weight excluding hydrogens is 885 g/mol. The third-order valence-corrected chi connectivity index (χ3v) is 11.4. The Balaban J connectivity index is 1.56. The molecule has 7 amide bonds. The molecule has 0 radical (unpaired) electrons. The summed E-state index contributed by atoms with van der Waals surface area (Å²) in [6.45, 7) is 5.34. The largest absolute Gasteiger partial charge is 0.492 e. The predicted octanol–water partition coefficient (Wildman–Crippen LogP) is 2.07. The number of amides is 7. The number of nitrogens with zero attached hydrogens (tertiary/aromatic N) is 4. The van der Waals surface area contributed by atoms with Crippen LogP contribution in [0.15, 0.2) is 66.9 Å². The van der Waals surface area contributed by atoms with E-state index in [2.05, 4.69) is 43.5 Å². The number of nitrogens with one attached hydrogen (secondary N) is 5. The second kappa shape index (κ2) is 25.5. The maximum Gasteiger partial charge on any atom is 0.312 e. The number of nitrogens with two attached hydrogens (primary N) is 3.